The minimum absolute atomic E-state index is 0.940. The molecule has 0 aliphatic carbocycles. The Hall–Kier alpha value is -3.17. The van der Waals surface area contributed by atoms with Crippen LogP contribution < -0.4 is 9.47 Å². The Morgan fingerprint density at radius 3 is 2.22 bits per heavy atom. The molecular formula is C29H29N2S+. The molecule has 1 saturated heterocycles. The third-order valence-electron chi connectivity index (χ3n) is 6.23. The molecular weight excluding hydrogens is 408 g/mol. The van der Waals surface area contributed by atoms with Crippen LogP contribution in [0.4, 0.5) is 5.69 Å². The smallest absolute Gasteiger partial charge is 0.262 e. The van der Waals surface area contributed by atoms with Crippen LogP contribution in [0, 0.1) is 0 Å². The van der Waals surface area contributed by atoms with Crippen molar-refractivity contribution in [2.75, 3.05) is 18.0 Å². The van der Waals surface area contributed by atoms with Crippen molar-refractivity contribution < 1.29 is 4.57 Å². The zero-order valence-electron chi connectivity index (χ0n) is 18.6. The second kappa shape index (κ2) is 9.54. The summed E-state index contributed by atoms with van der Waals surface area (Å²) in [6, 6.07) is 28.4. The lowest BCUT2D eigenvalue weighted by Crippen LogP contribution is -2.35. The lowest BCUT2D eigenvalue weighted by atomic mass is 9.98. The fourth-order valence-corrected chi connectivity index (χ4v) is 5.53. The molecule has 0 unspecified atom stereocenters. The third-order valence-corrected chi connectivity index (χ3v) is 7.17. The fourth-order valence-electron chi connectivity index (χ4n) is 4.54. The molecule has 0 saturated carbocycles. The van der Waals surface area contributed by atoms with E-state index in [0.717, 1.165) is 6.54 Å². The van der Waals surface area contributed by atoms with Crippen molar-refractivity contribution in [2.24, 2.45) is 0 Å². The number of benzene rings is 3. The number of nitrogens with zero attached hydrogens (tertiary/aromatic N) is 2. The van der Waals surface area contributed by atoms with Crippen LogP contribution in [-0.4, -0.2) is 13.1 Å². The van der Waals surface area contributed by atoms with E-state index in [1.165, 1.54) is 64.6 Å². The first-order valence-electron chi connectivity index (χ1n) is 11.5. The van der Waals surface area contributed by atoms with Crippen LogP contribution in [-0.2, 0) is 6.54 Å². The molecule has 32 heavy (non-hydrogen) atoms. The van der Waals surface area contributed by atoms with E-state index in [2.05, 4.69) is 113 Å². The van der Waals surface area contributed by atoms with Crippen molar-refractivity contribution in [1.29, 1.82) is 0 Å². The molecule has 4 aromatic rings. The molecule has 160 valence electrons. The summed E-state index contributed by atoms with van der Waals surface area (Å²) in [5.74, 6) is 0. The van der Waals surface area contributed by atoms with E-state index in [-0.39, 0.29) is 0 Å². The third kappa shape index (κ3) is 4.26. The highest BCUT2D eigenvalue weighted by Gasteiger charge is 2.21. The predicted octanol–water partition coefficient (Wildman–Crippen LogP) is 7.16. The lowest BCUT2D eigenvalue weighted by molar-refractivity contribution is -0.679. The molecule has 0 amide bonds. The fraction of sp³-hybridized carbons (Fsp3) is 0.207. The molecule has 5 rings (SSSR count). The molecule has 2 heterocycles. The molecule has 1 fully saturated rings. The Kier molecular flexibility index (Phi) is 6.17. The van der Waals surface area contributed by atoms with Crippen molar-refractivity contribution in [2.45, 2.75) is 26.3 Å². The summed E-state index contributed by atoms with van der Waals surface area (Å²) < 4.78 is 2.42. The number of anilines is 1. The van der Waals surface area contributed by atoms with Gasteiger partial charge >= 0.3 is 0 Å². The van der Waals surface area contributed by atoms with E-state index < -0.39 is 0 Å². The van der Waals surface area contributed by atoms with Gasteiger partial charge in [0.1, 0.15) is 6.54 Å². The topological polar surface area (TPSA) is 7.12 Å². The van der Waals surface area contributed by atoms with E-state index in [1.54, 1.807) is 0 Å². The highest BCUT2D eigenvalue weighted by molar-refractivity contribution is 7.10. The van der Waals surface area contributed by atoms with E-state index >= 15 is 0 Å². The van der Waals surface area contributed by atoms with Crippen LogP contribution in [0.2, 0.25) is 0 Å². The summed E-state index contributed by atoms with van der Waals surface area (Å²) in [4.78, 5) is 2.48. The summed E-state index contributed by atoms with van der Waals surface area (Å²) in [6.45, 7) is 5.54. The van der Waals surface area contributed by atoms with Gasteiger partial charge in [-0.3, -0.25) is 0 Å². The van der Waals surface area contributed by atoms with Crippen molar-refractivity contribution in [1.82, 2.24) is 0 Å². The normalized spacial score (nSPS) is 13.8. The van der Waals surface area contributed by atoms with Gasteiger partial charge in [-0.2, -0.15) is 4.57 Å². The predicted molar refractivity (Wildman–Crippen MR) is 138 cm³/mol. The zero-order chi connectivity index (χ0) is 21.8. The maximum Gasteiger partial charge on any atom is 0.262 e. The maximum atomic E-state index is 2.48. The van der Waals surface area contributed by atoms with Gasteiger partial charge in [0.15, 0.2) is 0 Å². The molecule has 2 nitrogen and oxygen atoms in total. The summed E-state index contributed by atoms with van der Waals surface area (Å²) in [7, 11) is 0. The minimum Gasteiger partial charge on any atom is -0.372 e. The Bertz CT molecular complexity index is 1200. The first-order valence-corrected chi connectivity index (χ1v) is 12.4. The molecule has 1 aliphatic heterocycles. The van der Waals surface area contributed by atoms with Gasteiger partial charge in [-0.05, 0) is 60.7 Å². The van der Waals surface area contributed by atoms with E-state index in [4.69, 9.17) is 0 Å². The van der Waals surface area contributed by atoms with Gasteiger partial charge in [0, 0.05) is 24.9 Å². The zero-order valence-corrected chi connectivity index (χ0v) is 19.4. The molecule has 0 N–H and O–H groups in total. The number of rotatable bonds is 6. The van der Waals surface area contributed by atoms with E-state index in [1.807, 2.05) is 11.3 Å². The van der Waals surface area contributed by atoms with Gasteiger partial charge < -0.3 is 4.90 Å². The molecule has 0 radical (unpaired) electrons. The number of thiazole rings is 1. The average Bonchev–Trinajstić information content (AvgIpc) is 3.54. The summed E-state index contributed by atoms with van der Waals surface area (Å²) in [5.41, 5.74) is 7.69. The van der Waals surface area contributed by atoms with Gasteiger partial charge in [0.2, 0.25) is 5.69 Å². The molecule has 0 spiro atoms. The Morgan fingerprint density at radius 2 is 1.50 bits per heavy atom. The van der Waals surface area contributed by atoms with Crippen molar-refractivity contribution in [3.63, 3.8) is 0 Å². The summed E-state index contributed by atoms with van der Waals surface area (Å²) in [6.07, 6.45) is 7.12. The van der Waals surface area contributed by atoms with Crippen LogP contribution >= 0.6 is 11.3 Å². The van der Waals surface area contributed by atoms with Crippen molar-refractivity contribution in [3.05, 3.63) is 94.8 Å². The first-order chi connectivity index (χ1) is 15.8. The Labute approximate surface area is 195 Å². The monoisotopic (exact) mass is 437 g/mol. The molecule has 1 aromatic heterocycles. The van der Waals surface area contributed by atoms with E-state index in [0.29, 0.717) is 0 Å². The van der Waals surface area contributed by atoms with Gasteiger partial charge in [-0.1, -0.05) is 72.0 Å². The first kappa shape index (κ1) is 20.7. The van der Waals surface area contributed by atoms with Crippen LogP contribution in [0.25, 0.3) is 34.5 Å². The second-order valence-corrected chi connectivity index (χ2v) is 9.12. The highest BCUT2D eigenvalue weighted by atomic mass is 32.1. The van der Waals surface area contributed by atoms with Gasteiger partial charge in [-0.15, -0.1) is 0 Å². The molecule has 0 atom stereocenters. The summed E-state index contributed by atoms with van der Waals surface area (Å²) in [5, 5.41) is 3.57. The summed E-state index contributed by atoms with van der Waals surface area (Å²) >= 11 is 1.81. The standard InChI is InChI=1S/C29H29N2S/c1-2-31-28(27-13-7-6-12-26(27)24-10-4-3-5-11-24)22-32-29(31)19-16-23-14-17-25(18-15-23)30-20-8-9-21-30/h3-7,10-19,22H,2,8-9,20-21H2,1H3/q+1. The highest BCUT2D eigenvalue weighted by Crippen LogP contribution is 2.32. The number of aromatic nitrogens is 1. The Morgan fingerprint density at radius 1 is 0.812 bits per heavy atom. The quantitative estimate of drug-likeness (QED) is 0.290. The van der Waals surface area contributed by atoms with Gasteiger partial charge in [0.25, 0.3) is 5.01 Å². The maximum absolute atomic E-state index is 2.48. The van der Waals surface area contributed by atoms with Crippen molar-refractivity contribution >= 4 is 29.2 Å². The van der Waals surface area contributed by atoms with Crippen molar-refractivity contribution in [3.8, 4) is 22.4 Å². The largest absolute Gasteiger partial charge is 0.372 e. The van der Waals surface area contributed by atoms with Crippen LogP contribution in [0.1, 0.15) is 30.3 Å². The van der Waals surface area contributed by atoms with Crippen LogP contribution in [0.5, 0.6) is 0 Å². The van der Waals surface area contributed by atoms with Gasteiger partial charge in [0.05, 0.1) is 10.9 Å². The molecule has 0 bridgehead atoms. The average molecular weight is 438 g/mol. The number of hydrogen-bond acceptors (Lipinski definition) is 2. The van der Waals surface area contributed by atoms with Crippen LogP contribution in [0.15, 0.2) is 84.2 Å². The SMILES string of the molecule is CC[n+]1c(-c2ccccc2-c2ccccc2)csc1C=Cc1ccc(N2CCCC2)cc1. The number of hydrogen-bond donors (Lipinski definition) is 0. The van der Waals surface area contributed by atoms with Crippen LogP contribution in [0.3, 0.4) is 0 Å². The minimum atomic E-state index is 0.940. The van der Waals surface area contributed by atoms with Gasteiger partial charge in [-0.25, -0.2) is 0 Å². The molecule has 3 heteroatoms. The van der Waals surface area contributed by atoms with E-state index in [9.17, 15) is 0 Å². The lowest BCUT2D eigenvalue weighted by Gasteiger charge is -2.17. The molecule has 3 aromatic carbocycles. The molecule has 1 aliphatic rings. The Balaban J connectivity index is 1.43. The second-order valence-electron chi connectivity index (χ2n) is 8.23.